The number of nitrogens with one attached hydrogen (secondary N) is 1. The second-order valence-electron chi connectivity index (χ2n) is 8.71. The summed E-state index contributed by atoms with van der Waals surface area (Å²) in [6, 6.07) is 10.5. The van der Waals surface area contributed by atoms with Gasteiger partial charge < -0.3 is 16.0 Å². The van der Waals surface area contributed by atoms with Crippen LogP contribution in [-0.4, -0.2) is 67.8 Å². The molecular formula is C27H25N9O2. The number of carbonyl (C=O) groups is 2. The van der Waals surface area contributed by atoms with Gasteiger partial charge in [-0.25, -0.2) is 19.6 Å². The van der Waals surface area contributed by atoms with Gasteiger partial charge in [0, 0.05) is 43.7 Å². The normalized spacial score (nSPS) is 15.0. The fourth-order valence-electron chi connectivity index (χ4n) is 4.48. The molecule has 1 fully saturated rings. The molecule has 1 atom stereocenters. The predicted octanol–water partition coefficient (Wildman–Crippen LogP) is 2.57. The SMILES string of the molecule is CC#CC(=O)N1CC[C@@H](n2nc(-c3ccc(C(=O)Nc4cc(/C=N/C)ccn4)cc3)c3c(N)ncnc32)C1. The molecule has 0 saturated carbocycles. The minimum absolute atomic E-state index is 0.0748. The highest BCUT2D eigenvalue weighted by Gasteiger charge is 2.30. The Kier molecular flexibility index (Phi) is 6.78. The first-order valence-corrected chi connectivity index (χ1v) is 12.0. The minimum Gasteiger partial charge on any atom is -0.383 e. The van der Waals surface area contributed by atoms with Crippen LogP contribution < -0.4 is 11.1 Å². The number of nitrogens with zero attached hydrogens (tertiary/aromatic N) is 7. The van der Waals surface area contributed by atoms with Gasteiger partial charge in [0.15, 0.2) is 5.65 Å². The van der Waals surface area contributed by atoms with Gasteiger partial charge >= 0.3 is 0 Å². The zero-order valence-corrected chi connectivity index (χ0v) is 20.9. The van der Waals surface area contributed by atoms with Crippen molar-refractivity contribution >= 4 is 40.7 Å². The first-order valence-electron chi connectivity index (χ1n) is 12.0. The van der Waals surface area contributed by atoms with Crippen LogP contribution in [0.15, 0.2) is 53.9 Å². The number of nitrogen functional groups attached to an aromatic ring is 1. The Morgan fingerprint density at radius 2 is 2.00 bits per heavy atom. The highest BCUT2D eigenvalue weighted by Crippen LogP contribution is 2.34. The molecule has 0 spiro atoms. The number of hydrogen-bond donors (Lipinski definition) is 2. The summed E-state index contributed by atoms with van der Waals surface area (Å²) in [7, 11) is 1.68. The average molecular weight is 508 g/mol. The molecule has 11 heteroatoms. The Hall–Kier alpha value is -5.11. The summed E-state index contributed by atoms with van der Waals surface area (Å²) in [5.74, 6) is 5.50. The van der Waals surface area contributed by atoms with Crippen LogP contribution in [0, 0.1) is 11.8 Å². The third kappa shape index (κ3) is 4.79. The van der Waals surface area contributed by atoms with E-state index in [-0.39, 0.29) is 17.9 Å². The maximum Gasteiger partial charge on any atom is 0.298 e. The number of pyridine rings is 1. The molecule has 4 heterocycles. The summed E-state index contributed by atoms with van der Waals surface area (Å²) >= 11 is 0. The molecule has 1 saturated heterocycles. The lowest BCUT2D eigenvalue weighted by atomic mass is 10.1. The van der Waals surface area contributed by atoms with Crippen LogP contribution in [0.1, 0.15) is 35.3 Å². The maximum absolute atomic E-state index is 12.8. The summed E-state index contributed by atoms with van der Waals surface area (Å²) in [6.45, 7) is 2.71. The first-order chi connectivity index (χ1) is 18.5. The van der Waals surface area contributed by atoms with Crippen molar-refractivity contribution in [1.29, 1.82) is 0 Å². The smallest absolute Gasteiger partial charge is 0.298 e. The Morgan fingerprint density at radius 1 is 1.18 bits per heavy atom. The number of likely N-dealkylation sites (tertiary alicyclic amines) is 1. The summed E-state index contributed by atoms with van der Waals surface area (Å²) < 4.78 is 1.81. The molecule has 1 aromatic carbocycles. The molecule has 1 aliphatic rings. The molecule has 3 N–H and O–H groups in total. The Balaban J connectivity index is 1.42. The Labute approximate surface area is 218 Å². The zero-order chi connectivity index (χ0) is 26.6. The van der Waals surface area contributed by atoms with E-state index in [4.69, 9.17) is 10.8 Å². The molecule has 0 aliphatic carbocycles. The molecule has 38 heavy (non-hydrogen) atoms. The number of anilines is 2. The first kappa shape index (κ1) is 24.6. The molecule has 1 aliphatic heterocycles. The minimum atomic E-state index is -0.293. The quantitative estimate of drug-likeness (QED) is 0.312. The van der Waals surface area contributed by atoms with Crippen molar-refractivity contribution in [2.24, 2.45) is 4.99 Å². The van der Waals surface area contributed by atoms with Crippen molar-refractivity contribution < 1.29 is 9.59 Å². The van der Waals surface area contributed by atoms with E-state index in [1.165, 1.54) is 6.33 Å². The average Bonchev–Trinajstić information content (AvgIpc) is 3.56. The molecule has 0 radical (unpaired) electrons. The maximum atomic E-state index is 12.8. The molecule has 11 nitrogen and oxygen atoms in total. The van der Waals surface area contributed by atoms with E-state index in [0.29, 0.717) is 47.0 Å². The van der Waals surface area contributed by atoms with Gasteiger partial charge in [0.1, 0.15) is 23.7 Å². The highest BCUT2D eigenvalue weighted by atomic mass is 16.2. The van der Waals surface area contributed by atoms with Gasteiger partial charge in [0.05, 0.1) is 11.4 Å². The number of amides is 2. The second kappa shape index (κ2) is 10.5. The number of nitrogens with two attached hydrogens (primary N) is 1. The molecule has 2 amide bonds. The number of benzene rings is 1. The van der Waals surface area contributed by atoms with E-state index in [0.717, 1.165) is 17.5 Å². The summed E-state index contributed by atoms with van der Waals surface area (Å²) in [6.07, 6.45) is 5.42. The molecule has 0 bridgehead atoms. The van der Waals surface area contributed by atoms with Crippen LogP contribution >= 0.6 is 0 Å². The third-order valence-electron chi connectivity index (χ3n) is 6.27. The summed E-state index contributed by atoms with van der Waals surface area (Å²) in [4.78, 5) is 43.6. The van der Waals surface area contributed by atoms with Gasteiger partial charge in [-0.15, -0.1) is 0 Å². The molecule has 3 aromatic heterocycles. The summed E-state index contributed by atoms with van der Waals surface area (Å²) in [5, 5.41) is 8.28. The molecule has 0 unspecified atom stereocenters. The van der Waals surface area contributed by atoms with Crippen LogP contribution in [-0.2, 0) is 4.79 Å². The Morgan fingerprint density at radius 3 is 2.76 bits per heavy atom. The van der Waals surface area contributed by atoms with E-state index in [1.807, 2.05) is 16.8 Å². The van der Waals surface area contributed by atoms with Gasteiger partial charge in [-0.3, -0.25) is 14.6 Å². The number of aromatic nitrogens is 5. The number of fused-ring (bicyclic) bond motifs is 1. The lowest BCUT2D eigenvalue weighted by Gasteiger charge is -2.14. The van der Waals surface area contributed by atoms with Gasteiger partial charge in [-0.1, -0.05) is 18.1 Å². The van der Waals surface area contributed by atoms with Crippen molar-refractivity contribution in [2.45, 2.75) is 19.4 Å². The third-order valence-corrected chi connectivity index (χ3v) is 6.27. The van der Waals surface area contributed by atoms with E-state index < -0.39 is 0 Å². The van der Waals surface area contributed by atoms with Crippen LogP contribution in [0.5, 0.6) is 0 Å². The standard InChI is InChI=1S/C27H25N9O2/c1-3-4-22(37)35-12-10-20(15-35)36-26-23(25(28)31-16-32-26)24(34-36)18-5-7-19(8-6-18)27(38)33-21-13-17(14-29-2)9-11-30-21/h5-9,11,13-14,16,20H,10,12,15H2,1-2H3,(H2,28,31,32)(H,30,33,38)/b29-14+/t20-/m1/s1. The van der Waals surface area contributed by atoms with Crippen LogP contribution in [0.3, 0.4) is 0 Å². The number of carbonyl (C=O) groups excluding carboxylic acids is 2. The van der Waals surface area contributed by atoms with Crippen LogP contribution in [0.2, 0.25) is 0 Å². The van der Waals surface area contributed by atoms with E-state index >= 15 is 0 Å². The fourth-order valence-corrected chi connectivity index (χ4v) is 4.48. The zero-order valence-electron chi connectivity index (χ0n) is 20.9. The number of aliphatic imine (C=N–C) groups is 1. The monoisotopic (exact) mass is 507 g/mol. The largest absolute Gasteiger partial charge is 0.383 e. The second-order valence-corrected chi connectivity index (χ2v) is 8.71. The van der Waals surface area contributed by atoms with Crippen molar-refractivity contribution in [1.82, 2.24) is 29.6 Å². The number of rotatable bonds is 5. The number of hydrogen-bond acceptors (Lipinski definition) is 8. The van der Waals surface area contributed by atoms with Crippen molar-refractivity contribution in [3.63, 3.8) is 0 Å². The molecule has 4 aromatic rings. The van der Waals surface area contributed by atoms with E-state index in [2.05, 4.69) is 37.1 Å². The van der Waals surface area contributed by atoms with Gasteiger partial charge in [-0.2, -0.15) is 5.10 Å². The lowest BCUT2D eigenvalue weighted by molar-refractivity contribution is -0.124. The molecule has 190 valence electrons. The molecular weight excluding hydrogens is 482 g/mol. The topological polar surface area (TPSA) is 144 Å². The molecule has 5 rings (SSSR count). The fraction of sp³-hybridized carbons (Fsp3) is 0.222. The van der Waals surface area contributed by atoms with Gasteiger partial charge in [-0.05, 0) is 49.1 Å². The lowest BCUT2D eigenvalue weighted by Crippen LogP contribution is -2.28. The highest BCUT2D eigenvalue weighted by molar-refractivity contribution is 6.05. The van der Waals surface area contributed by atoms with Crippen molar-refractivity contribution in [3.8, 4) is 23.1 Å². The van der Waals surface area contributed by atoms with Crippen molar-refractivity contribution in [3.05, 3.63) is 60.0 Å². The van der Waals surface area contributed by atoms with Gasteiger partial charge in [0.25, 0.3) is 11.8 Å². The van der Waals surface area contributed by atoms with E-state index in [1.54, 1.807) is 55.5 Å². The van der Waals surface area contributed by atoms with E-state index in [9.17, 15) is 9.59 Å². The Bertz CT molecular complexity index is 1610. The van der Waals surface area contributed by atoms with Crippen molar-refractivity contribution in [2.75, 3.05) is 31.2 Å². The van der Waals surface area contributed by atoms with Crippen LogP contribution in [0.4, 0.5) is 11.6 Å². The predicted molar refractivity (Wildman–Crippen MR) is 145 cm³/mol. The van der Waals surface area contributed by atoms with Crippen LogP contribution in [0.25, 0.3) is 22.3 Å². The summed E-state index contributed by atoms with van der Waals surface area (Å²) in [5.41, 5.74) is 9.51. The van der Waals surface area contributed by atoms with Gasteiger partial charge in [0.2, 0.25) is 0 Å².